The lowest BCUT2D eigenvalue weighted by Crippen LogP contribution is -2.10. The van der Waals surface area contributed by atoms with E-state index in [9.17, 15) is 0 Å². The van der Waals surface area contributed by atoms with E-state index in [1.807, 2.05) is 0 Å². The number of allylic oxidation sites excluding steroid dienone is 1. The van der Waals surface area contributed by atoms with Crippen molar-refractivity contribution in [1.82, 2.24) is 8.82 Å². The van der Waals surface area contributed by atoms with Crippen LogP contribution in [-0.2, 0) is 0 Å². The smallest absolute Gasteiger partial charge is 0.210 e. The Morgan fingerprint density at radius 1 is 1.62 bits per heavy atom. The molecule has 0 aromatic heterocycles. The highest BCUT2D eigenvalue weighted by molar-refractivity contribution is 8.08. The first-order chi connectivity index (χ1) is 5.98. The van der Waals surface area contributed by atoms with E-state index in [2.05, 4.69) is 16.0 Å². The fourth-order valence-electron chi connectivity index (χ4n) is 0.647. The number of nitrogens with zero attached hydrogens (tertiary/aromatic N) is 2. The van der Waals surface area contributed by atoms with Crippen molar-refractivity contribution in [3.05, 3.63) is 12.7 Å². The average molecular weight is 319 g/mol. The topological polar surface area (TPSA) is 27.6 Å². The molecule has 0 aromatic rings. The molecule has 1 N–H and O–H groups in total. The van der Waals surface area contributed by atoms with E-state index in [0.717, 1.165) is 0 Å². The fraction of sp³-hybridized carbons (Fsp3) is 0.333. The van der Waals surface area contributed by atoms with Crippen LogP contribution in [0.5, 0.6) is 0 Å². The quantitative estimate of drug-likeness (QED) is 0.417. The van der Waals surface area contributed by atoms with E-state index >= 15 is 0 Å². The standard InChI is InChI=1S/C3H6Cl4N3P3/c1-2-3-13(7)8-11(5)10(4)12(6)9-13/h2,8H,1,3H2. The van der Waals surface area contributed by atoms with Gasteiger partial charge >= 0.3 is 0 Å². The van der Waals surface area contributed by atoms with Crippen LogP contribution in [0.4, 0.5) is 0 Å². The summed E-state index contributed by atoms with van der Waals surface area (Å²) in [6.07, 6.45) is 2.26. The second-order valence-corrected chi connectivity index (χ2v) is 11.8. The van der Waals surface area contributed by atoms with E-state index in [1.54, 1.807) is 6.08 Å². The summed E-state index contributed by atoms with van der Waals surface area (Å²) in [5, 5.41) is 0. The highest BCUT2D eigenvalue weighted by Gasteiger charge is 2.34. The third-order valence-electron chi connectivity index (χ3n) is 1.10. The van der Waals surface area contributed by atoms with Crippen molar-refractivity contribution in [3.8, 4) is 0 Å². The Labute approximate surface area is 99.1 Å². The molecule has 76 valence electrons. The maximum atomic E-state index is 6.17. The number of nitrogens with one attached hydrogen (secondary N) is 1. The van der Waals surface area contributed by atoms with Crippen LogP contribution < -0.4 is 4.86 Å². The van der Waals surface area contributed by atoms with Crippen molar-refractivity contribution in [2.45, 2.75) is 0 Å². The van der Waals surface area contributed by atoms with Gasteiger partial charge in [-0.25, -0.2) is 9.37 Å². The summed E-state index contributed by atoms with van der Waals surface area (Å²) in [5.74, 6) is 0. The maximum Gasteiger partial charge on any atom is 0.210 e. The van der Waals surface area contributed by atoms with Crippen LogP contribution in [0.1, 0.15) is 0 Å². The molecule has 1 rings (SSSR count). The predicted molar refractivity (Wildman–Crippen MR) is 66.6 cm³/mol. The van der Waals surface area contributed by atoms with Gasteiger partial charge in [-0.05, 0) is 23.0 Å². The van der Waals surface area contributed by atoms with E-state index in [-0.39, 0.29) is 0 Å². The summed E-state index contributed by atoms with van der Waals surface area (Å²) in [6, 6.07) is 0. The third-order valence-corrected chi connectivity index (χ3v) is 12.9. The lowest BCUT2D eigenvalue weighted by atomic mass is 10.8. The fourth-order valence-corrected chi connectivity index (χ4v) is 12.2. The zero-order valence-corrected chi connectivity index (χ0v) is 11.9. The SMILES string of the molecule is C=CCP1(Cl)=NP(Cl)N(Cl)P(Cl)N1. The summed E-state index contributed by atoms with van der Waals surface area (Å²) in [6.45, 7) is 1.48. The van der Waals surface area contributed by atoms with Crippen LogP contribution in [0.2, 0.25) is 0 Å². The molecule has 0 saturated heterocycles. The average Bonchev–Trinajstić information content (AvgIpc) is 2.00. The molecule has 1 heterocycles. The minimum Gasteiger partial charge on any atom is -0.222 e. The first-order valence-electron chi connectivity index (χ1n) is 3.06. The Morgan fingerprint density at radius 2 is 2.23 bits per heavy atom. The largest absolute Gasteiger partial charge is 0.222 e. The number of halogens is 4. The van der Waals surface area contributed by atoms with Crippen molar-refractivity contribution in [2.24, 2.45) is 4.52 Å². The molecule has 0 amide bonds. The van der Waals surface area contributed by atoms with Crippen LogP contribution in [0.25, 0.3) is 0 Å². The summed E-state index contributed by atoms with van der Waals surface area (Å²) < 4.78 is 5.47. The van der Waals surface area contributed by atoms with E-state index in [1.165, 1.54) is 3.96 Å². The van der Waals surface area contributed by atoms with Gasteiger partial charge < -0.3 is 0 Å². The van der Waals surface area contributed by atoms with Gasteiger partial charge in [-0.1, -0.05) is 28.6 Å². The van der Waals surface area contributed by atoms with E-state index < -0.39 is 21.7 Å². The van der Waals surface area contributed by atoms with Gasteiger partial charge in [-0.15, -0.1) is 10.5 Å². The van der Waals surface area contributed by atoms with Crippen LogP contribution in [0.3, 0.4) is 0 Å². The predicted octanol–water partition coefficient (Wildman–Crippen LogP) is 5.43. The highest BCUT2D eigenvalue weighted by atomic mass is 35.7. The molecule has 0 radical (unpaired) electrons. The number of hydrogen-bond acceptors (Lipinski definition) is 3. The van der Waals surface area contributed by atoms with Gasteiger partial charge in [0.2, 0.25) is 7.58 Å². The molecule has 0 fully saturated rings. The second-order valence-electron chi connectivity index (χ2n) is 2.08. The Balaban J connectivity index is 2.88. The lowest BCUT2D eigenvalue weighted by Gasteiger charge is -2.31. The summed E-state index contributed by atoms with van der Waals surface area (Å²) in [5.41, 5.74) is 0. The second kappa shape index (κ2) is 5.30. The molecule has 0 saturated carbocycles. The Bertz CT molecular complexity index is 260. The van der Waals surface area contributed by atoms with Gasteiger partial charge in [-0.2, -0.15) is 0 Å². The molecular formula is C3H6Cl4N3P3. The minimum absolute atomic E-state index is 0.566. The highest BCUT2D eigenvalue weighted by Crippen LogP contribution is 2.76. The first kappa shape index (κ1) is 13.0. The zero-order valence-electron chi connectivity index (χ0n) is 6.24. The number of hydrogen-bond donors (Lipinski definition) is 1. The molecule has 0 spiro atoms. The Morgan fingerprint density at radius 3 is 2.69 bits per heavy atom. The molecule has 3 unspecified atom stereocenters. The molecular weight excluding hydrogens is 313 g/mol. The molecule has 10 heteroatoms. The van der Waals surface area contributed by atoms with Gasteiger partial charge in [-0.3, -0.25) is 0 Å². The van der Waals surface area contributed by atoms with E-state index in [0.29, 0.717) is 6.16 Å². The van der Waals surface area contributed by atoms with Gasteiger partial charge in [0.1, 0.15) is 6.56 Å². The zero-order chi connectivity index (χ0) is 10.1. The normalized spacial score (nSPS) is 41.2. The van der Waals surface area contributed by atoms with Crippen molar-refractivity contribution in [2.75, 3.05) is 6.16 Å². The Hall–Kier alpha value is 1.91. The molecule has 3 nitrogen and oxygen atoms in total. The Kier molecular flexibility index (Phi) is 5.29. The minimum atomic E-state index is -2.12. The lowest BCUT2D eigenvalue weighted by molar-refractivity contribution is 1.16. The van der Waals surface area contributed by atoms with E-state index in [4.69, 9.17) is 45.5 Å². The van der Waals surface area contributed by atoms with Crippen molar-refractivity contribution >= 4 is 67.2 Å². The summed E-state index contributed by atoms with van der Waals surface area (Å²) in [4.78, 5) is 2.97. The molecule has 1 aliphatic rings. The van der Waals surface area contributed by atoms with Crippen LogP contribution in [-0.4, -0.2) is 10.1 Å². The third kappa shape index (κ3) is 3.45. The number of rotatable bonds is 2. The summed E-state index contributed by atoms with van der Waals surface area (Å²) >= 11 is 23.7. The molecule has 0 aliphatic carbocycles. The van der Waals surface area contributed by atoms with Gasteiger partial charge in [0.05, 0.1) is 0 Å². The van der Waals surface area contributed by atoms with Crippen molar-refractivity contribution in [1.29, 1.82) is 0 Å². The molecule has 13 heavy (non-hydrogen) atoms. The van der Waals surface area contributed by atoms with Crippen LogP contribution in [0.15, 0.2) is 17.2 Å². The molecule has 3 atom stereocenters. The summed E-state index contributed by atoms with van der Waals surface area (Å²) in [7, 11) is -2.49. The first-order valence-corrected chi connectivity index (χ1v) is 10.6. The molecule has 1 aliphatic heterocycles. The van der Waals surface area contributed by atoms with Crippen molar-refractivity contribution < 1.29 is 0 Å². The van der Waals surface area contributed by atoms with Crippen LogP contribution >= 0.6 is 67.2 Å². The molecule has 0 aromatic carbocycles. The van der Waals surface area contributed by atoms with Gasteiger partial charge in [0.25, 0.3) is 0 Å². The van der Waals surface area contributed by atoms with Gasteiger partial charge in [0, 0.05) is 6.16 Å². The molecule has 0 bridgehead atoms. The maximum absolute atomic E-state index is 6.17. The van der Waals surface area contributed by atoms with Crippen molar-refractivity contribution in [3.63, 3.8) is 0 Å². The van der Waals surface area contributed by atoms with Gasteiger partial charge in [0.15, 0.2) is 7.58 Å². The van der Waals surface area contributed by atoms with Crippen LogP contribution in [0, 0.1) is 0 Å². The monoisotopic (exact) mass is 317 g/mol.